The number of rotatable bonds is 25. The lowest BCUT2D eigenvalue weighted by molar-refractivity contribution is -0.870. The highest BCUT2D eigenvalue weighted by Crippen LogP contribution is 2.38. The van der Waals surface area contributed by atoms with Crippen LogP contribution in [0.5, 0.6) is 0 Å². The normalized spacial score (nSPS) is 14.4. The van der Waals surface area contributed by atoms with Gasteiger partial charge in [-0.25, -0.2) is 0 Å². The van der Waals surface area contributed by atoms with Crippen molar-refractivity contribution in [3.05, 3.63) is 60.2 Å². The van der Waals surface area contributed by atoms with Crippen LogP contribution >= 0.6 is 7.82 Å². The molecule has 0 aromatic heterocycles. The summed E-state index contributed by atoms with van der Waals surface area (Å²) in [6.45, 7) is 2.48. The molecule has 260 valence electrons. The summed E-state index contributed by atoms with van der Waals surface area (Å²) in [6, 6.07) is 20.2. The van der Waals surface area contributed by atoms with E-state index < -0.39 is 13.9 Å². The molecule has 0 amide bonds. The molecule has 2 atom stereocenters. The maximum Gasteiger partial charge on any atom is 0.268 e. The van der Waals surface area contributed by atoms with Crippen molar-refractivity contribution in [3.63, 3.8) is 0 Å². The van der Waals surface area contributed by atoms with Crippen LogP contribution in [0.15, 0.2) is 54.6 Å². The van der Waals surface area contributed by atoms with Crippen molar-refractivity contribution in [2.24, 2.45) is 0 Å². The molecular formula is C38H56NO7P. The largest absolute Gasteiger partial charge is 0.756 e. The predicted molar refractivity (Wildman–Crippen MR) is 190 cm³/mol. The fourth-order valence-corrected chi connectivity index (χ4v) is 6.75. The average Bonchev–Trinajstić information content (AvgIpc) is 3.04. The van der Waals surface area contributed by atoms with Crippen LogP contribution in [-0.2, 0) is 29.5 Å². The van der Waals surface area contributed by atoms with E-state index in [4.69, 9.17) is 18.5 Å². The quantitative estimate of drug-likeness (QED) is 0.0336. The number of hydrogen-bond acceptors (Lipinski definition) is 7. The van der Waals surface area contributed by atoms with Crippen molar-refractivity contribution in [2.45, 2.75) is 76.7 Å². The summed E-state index contributed by atoms with van der Waals surface area (Å²) in [5.41, 5.74) is 1.44. The molecule has 0 spiro atoms. The van der Waals surface area contributed by atoms with Gasteiger partial charge in [0.15, 0.2) is 0 Å². The number of aliphatic hydroxyl groups is 1. The van der Waals surface area contributed by atoms with E-state index in [2.05, 4.69) is 54.6 Å². The maximum atomic E-state index is 11.8. The molecular weight excluding hydrogens is 613 g/mol. The number of hydrogen-bond donors (Lipinski definition) is 1. The molecule has 0 fully saturated rings. The molecule has 9 heteroatoms. The molecule has 0 aliphatic carbocycles. The van der Waals surface area contributed by atoms with Gasteiger partial charge in [-0.1, -0.05) is 93.1 Å². The van der Waals surface area contributed by atoms with Crippen molar-refractivity contribution < 1.29 is 37.6 Å². The van der Waals surface area contributed by atoms with Gasteiger partial charge in [-0.05, 0) is 70.0 Å². The number of unbranched alkanes of at least 4 members (excludes halogenated alkanes) is 8. The third-order valence-electron chi connectivity index (χ3n) is 8.68. The number of nitrogens with zero attached hydrogens (tertiary/aromatic N) is 1. The summed E-state index contributed by atoms with van der Waals surface area (Å²) >= 11 is 0. The number of likely N-dealkylation sites (N-methyl/N-ethyl adjacent to an activating group) is 1. The van der Waals surface area contributed by atoms with Crippen LogP contribution in [0, 0.1) is 0 Å². The van der Waals surface area contributed by atoms with Gasteiger partial charge in [-0.2, -0.15) is 0 Å². The van der Waals surface area contributed by atoms with Crippen molar-refractivity contribution in [2.75, 3.05) is 67.3 Å². The topological polar surface area (TPSA) is 97.3 Å². The molecule has 4 rings (SSSR count). The number of aliphatic hydroxyl groups excluding tert-OH is 1. The Hall–Kier alpha value is -2.13. The van der Waals surface area contributed by atoms with E-state index in [1.807, 2.05) is 21.1 Å². The van der Waals surface area contributed by atoms with Gasteiger partial charge in [-0.3, -0.25) is 4.57 Å². The Morgan fingerprint density at radius 3 is 1.87 bits per heavy atom. The first-order chi connectivity index (χ1) is 22.6. The Balaban J connectivity index is 0.932. The average molecular weight is 670 g/mol. The zero-order valence-electron chi connectivity index (χ0n) is 28.8. The molecule has 0 aliphatic heterocycles. The SMILES string of the molecule is C[N+](C)(C)CCOP(=O)([O-])OCC(O)COCCCCCCCCCCOCCCCc1ccc2ccc3cccc4ccc1c2c34. The second-order valence-electron chi connectivity index (χ2n) is 13.8. The lowest BCUT2D eigenvalue weighted by Gasteiger charge is -2.27. The summed E-state index contributed by atoms with van der Waals surface area (Å²) in [7, 11) is 1.41. The van der Waals surface area contributed by atoms with E-state index in [0.29, 0.717) is 17.6 Å². The van der Waals surface area contributed by atoms with Gasteiger partial charge in [-0.15, -0.1) is 0 Å². The third kappa shape index (κ3) is 13.0. The smallest absolute Gasteiger partial charge is 0.268 e. The highest BCUT2D eigenvalue weighted by atomic mass is 31.2. The fraction of sp³-hybridized carbons (Fsp3) is 0.579. The Labute approximate surface area is 281 Å². The summed E-state index contributed by atoms with van der Waals surface area (Å²) in [5.74, 6) is 0. The number of benzene rings is 4. The lowest BCUT2D eigenvalue weighted by Crippen LogP contribution is -2.37. The number of phosphoric ester groups is 1. The van der Waals surface area contributed by atoms with Crippen molar-refractivity contribution in [1.82, 2.24) is 0 Å². The molecule has 0 heterocycles. The van der Waals surface area contributed by atoms with E-state index in [1.54, 1.807) is 0 Å². The molecule has 8 nitrogen and oxygen atoms in total. The third-order valence-corrected chi connectivity index (χ3v) is 9.64. The summed E-state index contributed by atoms with van der Waals surface area (Å²) in [6.07, 6.45) is 11.5. The van der Waals surface area contributed by atoms with Crippen molar-refractivity contribution in [3.8, 4) is 0 Å². The van der Waals surface area contributed by atoms with Crippen LogP contribution in [0.1, 0.15) is 69.8 Å². The van der Waals surface area contributed by atoms with Gasteiger partial charge in [0.2, 0.25) is 0 Å². The van der Waals surface area contributed by atoms with E-state index in [-0.39, 0.29) is 19.8 Å². The van der Waals surface area contributed by atoms with E-state index >= 15 is 0 Å². The van der Waals surface area contributed by atoms with Crippen molar-refractivity contribution >= 4 is 40.1 Å². The highest BCUT2D eigenvalue weighted by molar-refractivity contribution is 7.45. The zero-order chi connectivity index (χ0) is 33.5. The first kappa shape index (κ1) is 37.7. The second kappa shape index (κ2) is 19.2. The van der Waals surface area contributed by atoms with Crippen LogP contribution in [-0.4, -0.2) is 83.0 Å². The van der Waals surface area contributed by atoms with Gasteiger partial charge in [0.1, 0.15) is 19.3 Å². The van der Waals surface area contributed by atoms with Gasteiger partial charge in [0, 0.05) is 19.8 Å². The van der Waals surface area contributed by atoms with E-state index in [9.17, 15) is 14.6 Å². The van der Waals surface area contributed by atoms with Gasteiger partial charge >= 0.3 is 0 Å². The minimum Gasteiger partial charge on any atom is -0.756 e. The number of aryl methyl sites for hydroxylation is 1. The van der Waals surface area contributed by atoms with Crippen LogP contribution in [0.4, 0.5) is 0 Å². The van der Waals surface area contributed by atoms with Crippen LogP contribution in [0.3, 0.4) is 0 Å². The predicted octanol–water partition coefficient (Wildman–Crippen LogP) is 7.63. The molecule has 4 aromatic rings. The van der Waals surface area contributed by atoms with Crippen LogP contribution in [0.2, 0.25) is 0 Å². The standard InChI is InChI=1S/C38H56NO7P/c1-39(2,3)24-28-45-47(41,42)46-30-35(40)29-44-27-12-9-7-5-4-6-8-11-25-43-26-13-10-15-31-18-19-34-21-20-32-16-14-17-33-22-23-36(31)38(34)37(32)33/h14,16-23,35,40H,4-13,15,24-30H2,1-3H3. The molecule has 0 aliphatic rings. The molecule has 4 aromatic carbocycles. The maximum absolute atomic E-state index is 11.8. The first-order valence-corrected chi connectivity index (χ1v) is 19.0. The first-order valence-electron chi connectivity index (χ1n) is 17.5. The number of quaternary nitrogens is 1. The summed E-state index contributed by atoms with van der Waals surface area (Å²) in [5, 5.41) is 18.1. The summed E-state index contributed by atoms with van der Waals surface area (Å²) in [4.78, 5) is 11.8. The molecule has 1 N–H and O–H groups in total. The Kier molecular flexibility index (Phi) is 15.4. The van der Waals surface area contributed by atoms with Gasteiger partial charge in [0.25, 0.3) is 7.82 Å². The number of ether oxygens (including phenoxy) is 2. The van der Waals surface area contributed by atoms with Gasteiger partial charge < -0.3 is 33.0 Å². The van der Waals surface area contributed by atoms with E-state index in [1.165, 1.54) is 70.0 Å². The Bertz CT molecular complexity index is 1510. The lowest BCUT2D eigenvalue weighted by atomic mass is 9.91. The molecule has 2 unspecified atom stereocenters. The number of phosphoric acid groups is 1. The molecule has 0 saturated heterocycles. The Morgan fingerprint density at radius 1 is 0.660 bits per heavy atom. The van der Waals surface area contributed by atoms with Crippen LogP contribution in [0.25, 0.3) is 32.3 Å². The fourth-order valence-electron chi connectivity index (χ4n) is 6.01. The zero-order valence-corrected chi connectivity index (χ0v) is 29.7. The molecule has 0 saturated carbocycles. The van der Waals surface area contributed by atoms with Crippen LogP contribution < -0.4 is 4.89 Å². The highest BCUT2D eigenvalue weighted by Gasteiger charge is 2.16. The molecule has 0 bridgehead atoms. The minimum absolute atomic E-state index is 0.0393. The second-order valence-corrected chi connectivity index (χ2v) is 15.2. The minimum atomic E-state index is -4.42. The van der Waals surface area contributed by atoms with Crippen molar-refractivity contribution in [1.29, 1.82) is 0 Å². The monoisotopic (exact) mass is 669 g/mol. The molecule has 0 radical (unpaired) electrons. The van der Waals surface area contributed by atoms with E-state index in [0.717, 1.165) is 51.7 Å². The summed E-state index contributed by atoms with van der Waals surface area (Å²) < 4.78 is 33.4. The Morgan fingerprint density at radius 2 is 1.21 bits per heavy atom. The van der Waals surface area contributed by atoms with Gasteiger partial charge in [0.05, 0.1) is 34.4 Å². The molecule has 47 heavy (non-hydrogen) atoms.